The molecule has 0 spiro atoms. The van der Waals surface area contributed by atoms with E-state index in [-0.39, 0.29) is 0 Å². The lowest BCUT2D eigenvalue weighted by atomic mass is 10.1. The molecule has 0 aliphatic heterocycles. The zero-order valence-electron chi connectivity index (χ0n) is 12.6. The van der Waals surface area contributed by atoms with Crippen LogP contribution < -0.4 is 5.32 Å². The largest absolute Gasteiger partial charge is 0.307 e. The molecule has 3 nitrogen and oxygen atoms in total. The second kappa shape index (κ2) is 6.10. The van der Waals surface area contributed by atoms with Crippen molar-refractivity contribution in [2.75, 3.05) is 0 Å². The first-order chi connectivity index (χ1) is 10.3. The molecule has 0 aliphatic rings. The van der Waals surface area contributed by atoms with Crippen molar-refractivity contribution in [1.29, 1.82) is 0 Å². The number of benzene rings is 1. The van der Waals surface area contributed by atoms with Gasteiger partial charge in [-0.05, 0) is 36.6 Å². The van der Waals surface area contributed by atoms with E-state index < -0.39 is 0 Å². The topological polar surface area (TPSA) is 29.3 Å². The van der Waals surface area contributed by atoms with Crippen LogP contribution in [0.2, 0.25) is 0 Å². The van der Waals surface area contributed by atoms with Crippen LogP contribution in [0.25, 0.3) is 5.65 Å². The van der Waals surface area contributed by atoms with E-state index in [2.05, 4.69) is 59.0 Å². The Morgan fingerprint density at radius 3 is 2.57 bits per heavy atom. The Kier molecular flexibility index (Phi) is 4.02. The highest BCUT2D eigenvalue weighted by atomic mass is 15.0. The first kappa shape index (κ1) is 13.8. The van der Waals surface area contributed by atoms with E-state index in [1.54, 1.807) is 0 Å². The van der Waals surface area contributed by atoms with Crippen LogP contribution >= 0.6 is 0 Å². The zero-order valence-corrected chi connectivity index (χ0v) is 12.6. The molecule has 0 amide bonds. The maximum absolute atomic E-state index is 4.60. The lowest BCUT2D eigenvalue weighted by Gasteiger charge is -2.09. The van der Waals surface area contributed by atoms with E-state index in [1.807, 2.05) is 18.2 Å². The number of imidazole rings is 1. The van der Waals surface area contributed by atoms with Crippen LogP contribution in [0, 0.1) is 6.92 Å². The molecule has 2 heterocycles. The molecule has 3 aromatic rings. The summed E-state index contributed by atoms with van der Waals surface area (Å²) in [5.41, 5.74) is 6.14. The van der Waals surface area contributed by atoms with Gasteiger partial charge < -0.3 is 9.72 Å². The Bertz CT molecular complexity index is 743. The molecule has 1 aromatic carbocycles. The minimum absolute atomic E-state index is 0.828. The van der Waals surface area contributed by atoms with Gasteiger partial charge in [0.25, 0.3) is 0 Å². The minimum Gasteiger partial charge on any atom is -0.307 e. The molecule has 0 saturated heterocycles. The second-order valence-corrected chi connectivity index (χ2v) is 5.30. The lowest BCUT2D eigenvalue weighted by molar-refractivity contribution is 0.668. The highest BCUT2D eigenvalue weighted by Gasteiger charge is 2.07. The smallest absolute Gasteiger partial charge is 0.137 e. The molecule has 0 radical (unpaired) electrons. The Hall–Kier alpha value is -2.13. The molecule has 0 atom stereocenters. The van der Waals surface area contributed by atoms with Gasteiger partial charge in [-0.2, -0.15) is 0 Å². The van der Waals surface area contributed by atoms with Crippen molar-refractivity contribution < 1.29 is 0 Å². The highest BCUT2D eigenvalue weighted by Crippen LogP contribution is 2.13. The molecule has 0 bridgehead atoms. The van der Waals surface area contributed by atoms with Crippen LogP contribution in [0.15, 0.2) is 48.7 Å². The molecule has 3 heteroatoms. The van der Waals surface area contributed by atoms with Crippen molar-refractivity contribution in [2.45, 2.75) is 33.4 Å². The normalized spacial score (nSPS) is 11.1. The van der Waals surface area contributed by atoms with E-state index in [4.69, 9.17) is 0 Å². The summed E-state index contributed by atoms with van der Waals surface area (Å²) in [6, 6.07) is 14.7. The van der Waals surface area contributed by atoms with Crippen LogP contribution in [0.5, 0.6) is 0 Å². The monoisotopic (exact) mass is 279 g/mol. The summed E-state index contributed by atoms with van der Waals surface area (Å²) in [6.45, 7) is 6.00. The number of fused-ring (bicyclic) bond motifs is 1. The van der Waals surface area contributed by atoms with Crippen molar-refractivity contribution >= 4 is 5.65 Å². The summed E-state index contributed by atoms with van der Waals surface area (Å²) in [6.07, 6.45) is 3.15. The second-order valence-electron chi connectivity index (χ2n) is 5.30. The zero-order chi connectivity index (χ0) is 14.7. The van der Waals surface area contributed by atoms with Crippen molar-refractivity contribution in [3.05, 3.63) is 71.2 Å². The van der Waals surface area contributed by atoms with Gasteiger partial charge in [0.05, 0.1) is 11.4 Å². The standard InChI is InChI=1S/C18H21N3/c1-3-15-8-4-5-9-16(15)12-19-13-17-14(2)20-18-10-6-7-11-21(17)18/h4-11,19H,3,12-13H2,1-2H3. The Labute approximate surface area is 125 Å². The summed E-state index contributed by atoms with van der Waals surface area (Å²) < 4.78 is 2.16. The van der Waals surface area contributed by atoms with Gasteiger partial charge in [0.15, 0.2) is 0 Å². The Morgan fingerprint density at radius 2 is 1.76 bits per heavy atom. The molecule has 0 aliphatic carbocycles. The van der Waals surface area contributed by atoms with Gasteiger partial charge >= 0.3 is 0 Å². The van der Waals surface area contributed by atoms with Crippen LogP contribution in [-0.2, 0) is 19.5 Å². The summed E-state index contributed by atoms with van der Waals surface area (Å²) in [5.74, 6) is 0. The molecule has 0 unspecified atom stereocenters. The van der Waals surface area contributed by atoms with Crippen LogP contribution in [0.4, 0.5) is 0 Å². The van der Waals surface area contributed by atoms with Crippen molar-refractivity contribution in [2.24, 2.45) is 0 Å². The minimum atomic E-state index is 0.828. The molecule has 1 N–H and O–H groups in total. The third-order valence-electron chi connectivity index (χ3n) is 3.94. The maximum atomic E-state index is 4.60. The molecule has 108 valence electrons. The van der Waals surface area contributed by atoms with Gasteiger partial charge in [0.1, 0.15) is 5.65 Å². The number of nitrogens with zero attached hydrogens (tertiary/aromatic N) is 2. The fourth-order valence-electron chi connectivity index (χ4n) is 2.77. The third kappa shape index (κ3) is 2.83. The summed E-state index contributed by atoms with van der Waals surface area (Å²) in [7, 11) is 0. The predicted octanol–water partition coefficient (Wildman–Crippen LogP) is 3.49. The average molecular weight is 279 g/mol. The highest BCUT2D eigenvalue weighted by molar-refractivity contribution is 5.42. The quantitative estimate of drug-likeness (QED) is 0.774. The average Bonchev–Trinajstić information content (AvgIpc) is 2.84. The van der Waals surface area contributed by atoms with Crippen molar-refractivity contribution in [3.63, 3.8) is 0 Å². The van der Waals surface area contributed by atoms with Crippen molar-refractivity contribution in [1.82, 2.24) is 14.7 Å². The fraction of sp³-hybridized carbons (Fsp3) is 0.278. The van der Waals surface area contributed by atoms with Gasteiger partial charge in [-0.3, -0.25) is 0 Å². The third-order valence-corrected chi connectivity index (χ3v) is 3.94. The summed E-state index contributed by atoms with van der Waals surface area (Å²) in [5, 5.41) is 3.55. The molecule has 3 rings (SSSR count). The van der Waals surface area contributed by atoms with Gasteiger partial charge in [0, 0.05) is 19.3 Å². The van der Waals surface area contributed by atoms with E-state index in [0.29, 0.717) is 0 Å². The van der Waals surface area contributed by atoms with Crippen LogP contribution in [-0.4, -0.2) is 9.38 Å². The number of pyridine rings is 1. The first-order valence-electron chi connectivity index (χ1n) is 7.49. The molecule has 0 saturated carbocycles. The lowest BCUT2D eigenvalue weighted by Crippen LogP contribution is -2.15. The maximum Gasteiger partial charge on any atom is 0.137 e. The van der Waals surface area contributed by atoms with Gasteiger partial charge in [-0.1, -0.05) is 37.3 Å². The number of nitrogens with one attached hydrogen (secondary N) is 1. The number of aromatic nitrogens is 2. The summed E-state index contributed by atoms with van der Waals surface area (Å²) in [4.78, 5) is 4.60. The van der Waals surface area contributed by atoms with E-state index >= 15 is 0 Å². The first-order valence-corrected chi connectivity index (χ1v) is 7.49. The van der Waals surface area contributed by atoms with E-state index in [9.17, 15) is 0 Å². The van der Waals surface area contributed by atoms with E-state index in [1.165, 1.54) is 16.8 Å². The van der Waals surface area contributed by atoms with Crippen LogP contribution in [0.3, 0.4) is 0 Å². The molecule has 2 aromatic heterocycles. The van der Waals surface area contributed by atoms with Gasteiger partial charge in [-0.15, -0.1) is 0 Å². The van der Waals surface area contributed by atoms with E-state index in [0.717, 1.165) is 30.9 Å². The number of hydrogen-bond acceptors (Lipinski definition) is 2. The fourth-order valence-corrected chi connectivity index (χ4v) is 2.77. The number of hydrogen-bond donors (Lipinski definition) is 1. The molecular weight excluding hydrogens is 258 g/mol. The molecule has 21 heavy (non-hydrogen) atoms. The SMILES string of the molecule is CCc1ccccc1CNCc1c(C)nc2ccccn12. The number of aryl methyl sites for hydroxylation is 2. The van der Waals surface area contributed by atoms with Crippen molar-refractivity contribution in [3.8, 4) is 0 Å². The predicted molar refractivity (Wildman–Crippen MR) is 86.3 cm³/mol. The number of rotatable bonds is 5. The van der Waals surface area contributed by atoms with Gasteiger partial charge in [-0.25, -0.2) is 4.98 Å². The molecule has 0 fully saturated rings. The molecular formula is C18H21N3. The van der Waals surface area contributed by atoms with Crippen LogP contribution in [0.1, 0.15) is 29.4 Å². The Morgan fingerprint density at radius 1 is 1.00 bits per heavy atom. The summed E-state index contributed by atoms with van der Waals surface area (Å²) >= 11 is 0. The van der Waals surface area contributed by atoms with Gasteiger partial charge in [0.2, 0.25) is 0 Å². The Balaban J connectivity index is 1.74.